The fourth-order valence-corrected chi connectivity index (χ4v) is 3.35. The van der Waals surface area contributed by atoms with Crippen molar-refractivity contribution in [3.63, 3.8) is 0 Å². The number of nitrogens with one attached hydrogen (secondary N) is 2. The number of rotatable bonds is 7. The van der Waals surface area contributed by atoms with Crippen LogP contribution >= 0.6 is 23.2 Å². The highest BCUT2D eigenvalue weighted by Gasteiger charge is 2.13. The number of benzene rings is 2. The summed E-state index contributed by atoms with van der Waals surface area (Å²) in [7, 11) is 1.73. The Hall–Kier alpha value is -3.82. The van der Waals surface area contributed by atoms with E-state index in [4.69, 9.17) is 27.9 Å². The van der Waals surface area contributed by atoms with Gasteiger partial charge < -0.3 is 15.4 Å². The first kappa shape index (κ1) is 22.4. The average molecular weight is 485 g/mol. The summed E-state index contributed by atoms with van der Waals surface area (Å²) < 4.78 is 8.61. The number of amides is 2. The molecule has 11 heteroatoms. The molecule has 9 nitrogen and oxygen atoms in total. The highest BCUT2D eigenvalue weighted by atomic mass is 35.5. The molecule has 2 amide bonds. The van der Waals surface area contributed by atoms with Crippen molar-refractivity contribution >= 4 is 46.4 Å². The van der Waals surface area contributed by atoms with Gasteiger partial charge in [0.2, 0.25) is 0 Å². The molecule has 168 valence electrons. The van der Waals surface area contributed by atoms with Crippen molar-refractivity contribution in [1.82, 2.24) is 19.6 Å². The number of hydrogen-bond acceptors (Lipinski definition) is 5. The molecule has 0 unspecified atom stereocenters. The molecule has 0 bridgehead atoms. The van der Waals surface area contributed by atoms with E-state index >= 15 is 0 Å². The van der Waals surface area contributed by atoms with Crippen molar-refractivity contribution in [3.8, 4) is 5.75 Å². The van der Waals surface area contributed by atoms with Crippen LogP contribution in [0.3, 0.4) is 0 Å². The van der Waals surface area contributed by atoms with Crippen molar-refractivity contribution in [2.24, 2.45) is 7.05 Å². The zero-order valence-electron chi connectivity index (χ0n) is 17.3. The Morgan fingerprint density at radius 1 is 0.909 bits per heavy atom. The number of halogens is 2. The monoisotopic (exact) mass is 484 g/mol. The smallest absolute Gasteiger partial charge is 0.276 e. The number of anilines is 2. The van der Waals surface area contributed by atoms with Crippen LogP contribution in [0.25, 0.3) is 0 Å². The third kappa shape index (κ3) is 5.71. The summed E-state index contributed by atoms with van der Waals surface area (Å²) in [5.74, 6) is -0.308. The molecule has 2 aromatic carbocycles. The van der Waals surface area contributed by atoms with Crippen LogP contribution in [0.15, 0.2) is 67.0 Å². The molecule has 2 N–H and O–H groups in total. The average Bonchev–Trinajstić information content (AvgIpc) is 3.43. The minimum atomic E-state index is -0.411. The summed E-state index contributed by atoms with van der Waals surface area (Å²) >= 11 is 12.0. The molecule has 33 heavy (non-hydrogen) atoms. The molecule has 4 aromatic rings. The van der Waals surface area contributed by atoms with Crippen molar-refractivity contribution < 1.29 is 14.3 Å². The van der Waals surface area contributed by atoms with Gasteiger partial charge in [0.15, 0.2) is 18.1 Å². The van der Waals surface area contributed by atoms with Gasteiger partial charge in [0.05, 0.1) is 5.02 Å². The molecular weight excluding hydrogens is 467 g/mol. The summed E-state index contributed by atoms with van der Waals surface area (Å²) in [6.07, 6.45) is 3.29. The second-order valence-electron chi connectivity index (χ2n) is 6.95. The lowest BCUT2D eigenvalue weighted by Crippen LogP contribution is -2.15. The van der Waals surface area contributed by atoms with E-state index in [1.807, 2.05) is 0 Å². The van der Waals surface area contributed by atoms with E-state index in [-0.39, 0.29) is 18.3 Å². The Morgan fingerprint density at radius 2 is 1.58 bits per heavy atom. The Morgan fingerprint density at radius 3 is 2.21 bits per heavy atom. The van der Waals surface area contributed by atoms with Crippen LogP contribution in [-0.2, 0) is 13.8 Å². The van der Waals surface area contributed by atoms with Gasteiger partial charge >= 0.3 is 0 Å². The highest BCUT2D eigenvalue weighted by Crippen LogP contribution is 2.27. The van der Waals surface area contributed by atoms with Gasteiger partial charge in [-0.2, -0.15) is 10.2 Å². The molecule has 0 fully saturated rings. The SMILES string of the molecule is Cn1ccc(C(=O)Nc2cccc(NC(=O)c3ccn(COc4ccc(Cl)cc4Cl)n3)c2)n1. The predicted octanol–water partition coefficient (Wildman–Crippen LogP) is 4.46. The van der Waals surface area contributed by atoms with E-state index in [0.29, 0.717) is 32.9 Å². The van der Waals surface area contributed by atoms with Gasteiger partial charge in [0.25, 0.3) is 11.8 Å². The van der Waals surface area contributed by atoms with Crippen molar-refractivity contribution in [2.75, 3.05) is 10.6 Å². The molecule has 0 saturated carbocycles. The van der Waals surface area contributed by atoms with E-state index in [9.17, 15) is 9.59 Å². The Balaban J connectivity index is 1.36. The van der Waals surface area contributed by atoms with Gasteiger partial charge in [-0.05, 0) is 48.5 Å². The highest BCUT2D eigenvalue weighted by molar-refractivity contribution is 6.35. The number of carbonyl (C=O) groups is 2. The minimum Gasteiger partial charge on any atom is -0.470 e. The summed E-state index contributed by atoms with van der Waals surface area (Å²) in [5, 5.41) is 14.7. The molecule has 4 rings (SSSR count). The number of carbonyl (C=O) groups excluding carboxylic acids is 2. The molecule has 0 aliphatic carbocycles. The first-order valence-corrected chi connectivity index (χ1v) is 10.5. The van der Waals surface area contributed by atoms with Gasteiger partial charge in [-0.15, -0.1) is 0 Å². The van der Waals surface area contributed by atoms with E-state index < -0.39 is 5.91 Å². The van der Waals surface area contributed by atoms with E-state index in [1.54, 1.807) is 78.7 Å². The van der Waals surface area contributed by atoms with Crippen molar-refractivity contribution in [3.05, 3.63) is 88.4 Å². The number of aryl methyl sites for hydroxylation is 1. The normalized spacial score (nSPS) is 10.6. The zero-order chi connectivity index (χ0) is 23.4. The van der Waals surface area contributed by atoms with Crippen molar-refractivity contribution in [1.29, 1.82) is 0 Å². The van der Waals surface area contributed by atoms with Gasteiger partial charge in [0, 0.05) is 35.8 Å². The Bertz CT molecular complexity index is 1320. The van der Waals surface area contributed by atoms with Gasteiger partial charge in [-0.3, -0.25) is 14.3 Å². The number of aromatic nitrogens is 4. The fourth-order valence-electron chi connectivity index (χ4n) is 2.88. The molecular formula is C22H18Cl2N6O3. The lowest BCUT2D eigenvalue weighted by Gasteiger charge is -2.08. The summed E-state index contributed by atoms with van der Waals surface area (Å²) in [6.45, 7) is 0.0592. The third-order valence-corrected chi connectivity index (χ3v) is 4.97. The van der Waals surface area contributed by atoms with Crippen LogP contribution in [-0.4, -0.2) is 31.4 Å². The quantitative estimate of drug-likeness (QED) is 0.402. The summed E-state index contributed by atoms with van der Waals surface area (Å²) in [6, 6.07) is 14.8. The molecule has 2 aromatic heterocycles. The van der Waals surface area contributed by atoms with Gasteiger partial charge in [-0.1, -0.05) is 29.3 Å². The summed E-state index contributed by atoms with van der Waals surface area (Å²) in [4.78, 5) is 24.9. The van der Waals surface area contributed by atoms with E-state index in [2.05, 4.69) is 20.8 Å². The largest absolute Gasteiger partial charge is 0.470 e. The number of nitrogens with zero attached hydrogens (tertiary/aromatic N) is 4. The molecule has 0 aliphatic rings. The van der Waals surface area contributed by atoms with E-state index in [0.717, 1.165) is 0 Å². The molecule has 0 spiro atoms. The maximum absolute atomic E-state index is 12.6. The zero-order valence-corrected chi connectivity index (χ0v) is 18.8. The maximum atomic E-state index is 12.6. The second-order valence-corrected chi connectivity index (χ2v) is 7.80. The van der Waals surface area contributed by atoms with Crippen LogP contribution < -0.4 is 15.4 Å². The van der Waals surface area contributed by atoms with Crippen molar-refractivity contribution in [2.45, 2.75) is 6.73 Å². The van der Waals surface area contributed by atoms with Gasteiger partial charge in [-0.25, -0.2) is 4.68 Å². The van der Waals surface area contributed by atoms with Crippen LogP contribution in [0.4, 0.5) is 11.4 Å². The lowest BCUT2D eigenvalue weighted by molar-refractivity contribution is 0.101. The van der Waals surface area contributed by atoms with Crippen LogP contribution in [0.5, 0.6) is 5.75 Å². The Kier molecular flexibility index (Phi) is 6.62. The predicted molar refractivity (Wildman–Crippen MR) is 125 cm³/mol. The topological polar surface area (TPSA) is 103 Å². The number of hydrogen-bond donors (Lipinski definition) is 2. The van der Waals surface area contributed by atoms with Crippen LogP contribution in [0.2, 0.25) is 10.0 Å². The molecule has 0 aliphatic heterocycles. The van der Waals surface area contributed by atoms with Crippen LogP contribution in [0.1, 0.15) is 21.0 Å². The maximum Gasteiger partial charge on any atom is 0.276 e. The third-order valence-electron chi connectivity index (χ3n) is 4.44. The molecule has 0 saturated heterocycles. The second kappa shape index (κ2) is 9.76. The first-order chi connectivity index (χ1) is 15.9. The summed E-state index contributed by atoms with van der Waals surface area (Å²) in [5.41, 5.74) is 1.50. The lowest BCUT2D eigenvalue weighted by atomic mass is 10.2. The molecule has 0 atom stereocenters. The minimum absolute atomic E-state index is 0.0592. The Labute approximate surface area is 198 Å². The first-order valence-electron chi connectivity index (χ1n) is 9.71. The van der Waals surface area contributed by atoms with Gasteiger partial charge in [0.1, 0.15) is 5.75 Å². The fraction of sp³-hybridized carbons (Fsp3) is 0.0909. The molecule has 0 radical (unpaired) electrons. The standard InChI is InChI=1S/C22H18Cl2N6O3/c1-29-9-7-18(27-29)21(31)25-15-3-2-4-16(12-15)26-22(32)19-8-10-30(28-19)13-33-20-6-5-14(23)11-17(20)24/h2-12H,13H2,1H3,(H,25,31)(H,26,32). The van der Waals surface area contributed by atoms with E-state index in [1.165, 1.54) is 4.68 Å². The molecule has 2 heterocycles. The number of ether oxygens (including phenoxy) is 1. The van der Waals surface area contributed by atoms with Crippen LogP contribution in [0, 0.1) is 0 Å².